The Morgan fingerprint density at radius 1 is 1.58 bits per heavy atom. The summed E-state index contributed by atoms with van der Waals surface area (Å²) in [4.78, 5) is 7.18. The van der Waals surface area contributed by atoms with Crippen LogP contribution in [0.1, 0.15) is 39.8 Å². The number of rotatable bonds is 5. The second-order valence-electron chi connectivity index (χ2n) is 5.52. The second-order valence-corrected chi connectivity index (χ2v) is 6.35. The number of anilines is 1. The predicted molar refractivity (Wildman–Crippen MR) is 80.9 cm³/mol. The quantitative estimate of drug-likeness (QED) is 0.901. The SMILES string of the molecule is CCC1COC(C)CN1c1nc(CNC(C)C)cs1. The van der Waals surface area contributed by atoms with Crippen LogP contribution in [-0.4, -0.2) is 36.3 Å². The maximum atomic E-state index is 5.74. The molecule has 1 saturated heterocycles. The van der Waals surface area contributed by atoms with Crippen LogP contribution < -0.4 is 10.2 Å². The van der Waals surface area contributed by atoms with Crippen molar-refractivity contribution >= 4 is 16.5 Å². The maximum absolute atomic E-state index is 5.74. The van der Waals surface area contributed by atoms with Gasteiger partial charge in [0.05, 0.1) is 24.4 Å². The van der Waals surface area contributed by atoms with Crippen LogP contribution in [0.3, 0.4) is 0 Å². The molecular formula is C14H25N3OS. The summed E-state index contributed by atoms with van der Waals surface area (Å²) >= 11 is 1.75. The van der Waals surface area contributed by atoms with E-state index in [0.29, 0.717) is 18.2 Å². The van der Waals surface area contributed by atoms with Gasteiger partial charge in [-0.2, -0.15) is 0 Å². The molecule has 0 aliphatic carbocycles. The van der Waals surface area contributed by atoms with E-state index >= 15 is 0 Å². The van der Waals surface area contributed by atoms with Gasteiger partial charge in [0.1, 0.15) is 0 Å². The van der Waals surface area contributed by atoms with Crippen molar-refractivity contribution in [2.75, 3.05) is 18.1 Å². The van der Waals surface area contributed by atoms with Gasteiger partial charge in [-0.3, -0.25) is 0 Å². The van der Waals surface area contributed by atoms with Gasteiger partial charge in [-0.15, -0.1) is 11.3 Å². The fourth-order valence-corrected chi connectivity index (χ4v) is 3.14. The number of nitrogens with one attached hydrogen (secondary N) is 1. The lowest BCUT2D eigenvalue weighted by Crippen LogP contribution is -2.48. The van der Waals surface area contributed by atoms with E-state index in [1.807, 2.05) is 0 Å². The summed E-state index contributed by atoms with van der Waals surface area (Å²) in [6, 6.07) is 0.963. The molecule has 1 aromatic heterocycles. The normalized spacial score (nSPS) is 24.2. The average molecular weight is 283 g/mol. The molecule has 0 spiro atoms. The maximum Gasteiger partial charge on any atom is 0.185 e. The van der Waals surface area contributed by atoms with Crippen LogP contribution >= 0.6 is 11.3 Å². The average Bonchev–Trinajstić information content (AvgIpc) is 2.85. The molecule has 1 N–H and O–H groups in total. The third kappa shape index (κ3) is 3.91. The van der Waals surface area contributed by atoms with E-state index in [1.165, 1.54) is 0 Å². The molecule has 2 atom stereocenters. The highest BCUT2D eigenvalue weighted by atomic mass is 32.1. The second kappa shape index (κ2) is 6.68. The first kappa shape index (κ1) is 14.8. The van der Waals surface area contributed by atoms with Crippen LogP contribution in [-0.2, 0) is 11.3 Å². The van der Waals surface area contributed by atoms with Gasteiger partial charge in [-0.1, -0.05) is 20.8 Å². The van der Waals surface area contributed by atoms with Gasteiger partial charge < -0.3 is 15.0 Å². The molecule has 1 fully saturated rings. The zero-order valence-corrected chi connectivity index (χ0v) is 13.2. The molecule has 0 saturated carbocycles. The first-order chi connectivity index (χ1) is 9.10. The molecular weight excluding hydrogens is 258 g/mol. The Morgan fingerprint density at radius 2 is 2.37 bits per heavy atom. The van der Waals surface area contributed by atoms with Gasteiger partial charge in [0.15, 0.2) is 5.13 Å². The molecule has 0 bridgehead atoms. The lowest BCUT2D eigenvalue weighted by molar-refractivity contribution is 0.0299. The minimum Gasteiger partial charge on any atom is -0.375 e. The van der Waals surface area contributed by atoms with Crippen molar-refractivity contribution in [2.45, 2.75) is 58.8 Å². The molecule has 2 heterocycles. The fraction of sp³-hybridized carbons (Fsp3) is 0.786. The van der Waals surface area contributed by atoms with Gasteiger partial charge in [0.25, 0.3) is 0 Å². The Kier molecular flexibility index (Phi) is 5.19. The Morgan fingerprint density at radius 3 is 3.05 bits per heavy atom. The molecule has 19 heavy (non-hydrogen) atoms. The van der Waals surface area contributed by atoms with Gasteiger partial charge in [-0.05, 0) is 13.3 Å². The van der Waals surface area contributed by atoms with Crippen LogP contribution in [0.25, 0.3) is 0 Å². The van der Waals surface area contributed by atoms with E-state index in [-0.39, 0.29) is 0 Å². The fourth-order valence-electron chi connectivity index (χ4n) is 2.23. The number of nitrogens with zero attached hydrogens (tertiary/aromatic N) is 2. The summed E-state index contributed by atoms with van der Waals surface area (Å²) in [6.45, 7) is 11.3. The van der Waals surface area contributed by atoms with Crippen molar-refractivity contribution in [3.8, 4) is 0 Å². The number of hydrogen-bond acceptors (Lipinski definition) is 5. The van der Waals surface area contributed by atoms with E-state index in [1.54, 1.807) is 11.3 Å². The highest BCUT2D eigenvalue weighted by molar-refractivity contribution is 7.13. The highest BCUT2D eigenvalue weighted by Gasteiger charge is 2.27. The minimum atomic E-state index is 0.295. The van der Waals surface area contributed by atoms with Crippen molar-refractivity contribution in [1.82, 2.24) is 10.3 Å². The van der Waals surface area contributed by atoms with E-state index in [0.717, 1.165) is 36.9 Å². The minimum absolute atomic E-state index is 0.295. The lowest BCUT2D eigenvalue weighted by atomic mass is 10.1. The third-order valence-electron chi connectivity index (χ3n) is 3.42. The highest BCUT2D eigenvalue weighted by Crippen LogP contribution is 2.26. The van der Waals surface area contributed by atoms with Crippen LogP contribution in [0.2, 0.25) is 0 Å². The van der Waals surface area contributed by atoms with E-state index in [4.69, 9.17) is 9.72 Å². The molecule has 0 radical (unpaired) electrons. The molecule has 1 aromatic rings. The van der Waals surface area contributed by atoms with Crippen molar-refractivity contribution in [3.05, 3.63) is 11.1 Å². The number of morpholine rings is 1. The van der Waals surface area contributed by atoms with Gasteiger partial charge in [0.2, 0.25) is 0 Å². The van der Waals surface area contributed by atoms with E-state index in [9.17, 15) is 0 Å². The van der Waals surface area contributed by atoms with Crippen molar-refractivity contribution in [2.24, 2.45) is 0 Å². The smallest absolute Gasteiger partial charge is 0.185 e. The third-order valence-corrected chi connectivity index (χ3v) is 4.34. The Bertz CT molecular complexity index is 394. The van der Waals surface area contributed by atoms with Gasteiger partial charge >= 0.3 is 0 Å². The summed E-state index contributed by atoms with van der Waals surface area (Å²) in [5.41, 5.74) is 1.14. The molecule has 0 aromatic carbocycles. The zero-order valence-electron chi connectivity index (χ0n) is 12.3. The molecule has 2 unspecified atom stereocenters. The Labute approximate surface area is 120 Å². The molecule has 0 amide bonds. The number of hydrogen-bond donors (Lipinski definition) is 1. The summed E-state index contributed by atoms with van der Waals surface area (Å²) < 4.78 is 5.74. The first-order valence-corrected chi connectivity index (χ1v) is 8.04. The Hall–Kier alpha value is -0.650. The first-order valence-electron chi connectivity index (χ1n) is 7.16. The molecule has 1 aliphatic heterocycles. The summed E-state index contributed by atoms with van der Waals surface area (Å²) in [5, 5.41) is 6.72. The van der Waals surface area contributed by atoms with Crippen LogP contribution in [0, 0.1) is 0 Å². The van der Waals surface area contributed by atoms with Crippen molar-refractivity contribution < 1.29 is 4.74 Å². The predicted octanol–water partition coefficient (Wildman–Crippen LogP) is 2.64. The number of aromatic nitrogens is 1. The van der Waals surface area contributed by atoms with Crippen LogP contribution in [0.15, 0.2) is 5.38 Å². The largest absolute Gasteiger partial charge is 0.375 e. The molecule has 1 aliphatic rings. The van der Waals surface area contributed by atoms with E-state index < -0.39 is 0 Å². The lowest BCUT2D eigenvalue weighted by Gasteiger charge is -2.38. The number of thiazole rings is 1. The van der Waals surface area contributed by atoms with Crippen LogP contribution in [0.4, 0.5) is 5.13 Å². The Balaban J connectivity index is 2.03. The van der Waals surface area contributed by atoms with Crippen LogP contribution in [0.5, 0.6) is 0 Å². The topological polar surface area (TPSA) is 37.4 Å². The summed E-state index contributed by atoms with van der Waals surface area (Å²) in [7, 11) is 0. The van der Waals surface area contributed by atoms with Crippen molar-refractivity contribution in [1.29, 1.82) is 0 Å². The van der Waals surface area contributed by atoms with E-state index in [2.05, 4.69) is 43.3 Å². The molecule has 2 rings (SSSR count). The number of ether oxygens (including phenoxy) is 1. The summed E-state index contributed by atoms with van der Waals surface area (Å²) in [5.74, 6) is 0. The molecule has 4 nitrogen and oxygen atoms in total. The van der Waals surface area contributed by atoms with Gasteiger partial charge in [-0.25, -0.2) is 4.98 Å². The zero-order chi connectivity index (χ0) is 13.8. The monoisotopic (exact) mass is 283 g/mol. The molecule has 5 heteroatoms. The van der Waals surface area contributed by atoms with Gasteiger partial charge in [0, 0.05) is 24.5 Å². The summed E-state index contributed by atoms with van der Waals surface area (Å²) in [6.07, 6.45) is 1.40. The standard InChI is InChI=1S/C14H25N3OS/c1-5-13-8-18-11(4)7-17(13)14-16-12(9-19-14)6-15-10(2)3/h9-11,13,15H,5-8H2,1-4H3. The molecule has 108 valence electrons. The van der Waals surface area contributed by atoms with Crippen molar-refractivity contribution in [3.63, 3.8) is 0 Å².